The highest BCUT2D eigenvalue weighted by atomic mass is 16.4. The van der Waals surface area contributed by atoms with E-state index in [0.29, 0.717) is 5.39 Å². The number of hydrogen-bond donors (Lipinski definition) is 3. The van der Waals surface area contributed by atoms with E-state index < -0.39 is 12.0 Å². The number of nitrogens with one attached hydrogen (secondary N) is 2. The maximum absolute atomic E-state index is 11.1. The molecule has 2 amide bonds. The molecule has 6 heteroatoms. The number of carboxylic acid groups (broad SMARTS) is 1. The van der Waals surface area contributed by atoms with Gasteiger partial charge in [-0.15, -0.1) is 0 Å². The van der Waals surface area contributed by atoms with Gasteiger partial charge in [0.05, 0.1) is 11.3 Å². The fraction of sp³-hybridized carbons (Fsp3) is 0. The Labute approximate surface area is 102 Å². The van der Waals surface area contributed by atoms with E-state index in [9.17, 15) is 9.59 Å². The smallest absolute Gasteiger partial charge is 0.363 e. The molecule has 0 heterocycles. The quantitative estimate of drug-likeness (QED) is 0.706. The lowest BCUT2D eigenvalue weighted by Crippen LogP contribution is -2.10. The summed E-state index contributed by atoms with van der Waals surface area (Å²) in [7, 11) is 0. The lowest BCUT2D eigenvalue weighted by atomic mass is 10.0. The molecular weight excluding hydrogens is 234 g/mol. The van der Waals surface area contributed by atoms with E-state index in [2.05, 4.69) is 10.4 Å². The minimum Gasteiger partial charge on any atom is -0.478 e. The summed E-state index contributed by atoms with van der Waals surface area (Å²) >= 11 is 0. The highest BCUT2D eigenvalue weighted by Gasteiger charge is 2.15. The number of urea groups is 1. The maximum Gasteiger partial charge on any atom is 0.363 e. The van der Waals surface area contributed by atoms with Crippen LogP contribution in [0.5, 0.6) is 0 Å². The van der Waals surface area contributed by atoms with E-state index in [0.717, 1.165) is 5.39 Å². The van der Waals surface area contributed by atoms with E-state index in [1.54, 1.807) is 24.3 Å². The molecule has 3 N–H and O–H groups in total. The van der Waals surface area contributed by atoms with E-state index >= 15 is 0 Å². The lowest BCUT2D eigenvalue weighted by Gasteiger charge is -2.09. The first kappa shape index (κ1) is 11.7. The SMILES string of the molecule is N=NC(=O)Nc1c(C(=O)O)ccc2ccccc12. The van der Waals surface area contributed by atoms with Crippen molar-refractivity contribution in [1.82, 2.24) is 0 Å². The summed E-state index contributed by atoms with van der Waals surface area (Å²) in [4.78, 5) is 22.2. The summed E-state index contributed by atoms with van der Waals surface area (Å²) in [5.74, 6) is -1.15. The molecule has 0 atom stereocenters. The van der Waals surface area contributed by atoms with Crippen LogP contribution in [0.3, 0.4) is 0 Å². The Kier molecular flexibility index (Phi) is 3.01. The number of rotatable bonds is 2. The number of anilines is 1. The fourth-order valence-electron chi connectivity index (χ4n) is 1.72. The van der Waals surface area contributed by atoms with Gasteiger partial charge in [-0.3, -0.25) is 0 Å². The second-order valence-corrected chi connectivity index (χ2v) is 3.56. The Balaban J connectivity index is 2.70. The standard InChI is InChI=1S/C12H9N3O3/c13-15-12(18)14-10-8-4-2-1-3-7(8)5-6-9(10)11(16)17/h1-6,13H,(H,14,18)(H,16,17). The summed E-state index contributed by atoms with van der Waals surface area (Å²) in [6, 6.07) is 9.20. The first-order chi connectivity index (χ1) is 8.63. The van der Waals surface area contributed by atoms with Gasteiger partial charge in [0.1, 0.15) is 0 Å². The van der Waals surface area contributed by atoms with Crippen molar-refractivity contribution < 1.29 is 14.7 Å². The van der Waals surface area contributed by atoms with Crippen LogP contribution in [0.25, 0.3) is 10.8 Å². The molecule has 2 aromatic carbocycles. The zero-order chi connectivity index (χ0) is 13.1. The number of fused-ring (bicyclic) bond motifs is 1. The average Bonchev–Trinajstić information content (AvgIpc) is 2.38. The zero-order valence-electron chi connectivity index (χ0n) is 9.18. The second-order valence-electron chi connectivity index (χ2n) is 3.56. The van der Waals surface area contributed by atoms with Gasteiger partial charge in [-0.25, -0.2) is 9.59 Å². The van der Waals surface area contributed by atoms with Crippen molar-refractivity contribution in [1.29, 1.82) is 5.53 Å². The predicted molar refractivity (Wildman–Crippen MR) is 65.1 cm³/mol. The van der Waals surface area contributed by atoms with Gasteiger partial charge < -0.3 is 10.4 Å². The third-order valence-corrected chi connectivity index (χ3v) is 2.49. The zero-order valence-corrected chi connectivity index (χ0v) is 9.18. The third kappa shape index (κ3) is 2.03. The number of aromatic carboxylic acids is 1. The van der Waals surface area contributed by atoms with Gasteiger partial charge in [0.15, 0.2) is 0 Å². The van der Waals surface area contributed by atoms with Crippen molar-refractivity contribution in [2.75, 3.05) is 5.32 Å². The van der Waals surface area contributed by atoms with Crippen LogP contribution in [-0.4, -0.2) is 17.1 Å². The first-order valence-electron chi connectivity index (χ1n) is 5.07. The molecule has 2 rings (SSSR count). The molecule has 0 saturated heterocycles. The second kappa shape index (κ2) is 4.62. The molecule has 0 bridgehead atoms. The molecule has 0 fully saturated rings. The van der Waals surface area contributed by atoms with Crippen LogP contribution >= 0.6 is 0 Å². The maximum atomic E-state index is 11.1. The largest absolute Gasteiger partial charge is 0.478 e. The summed E-state index contributed by atoms with van der Waals surface area (Å²) < 4.78 is 0. The van der Waals surface area contributed by atoms with Crippen LogP contribution in [0, 0.1) is 5.53 Å². The van der Waals surface area contributed by atoms with Crippen LogP contribution in [0.15, 0.2) is 41.5 Å². The summed E-state index contributed by atoms with van der Waals surface area (Å²) in [6.07, 6.45) is 0. The van der Waals surface area contributed by atoms with E-state index in [-0.39, 0.29) is 11.3 Å². The predicted octanol–water partition coefficient (Wildman–Crippen LogP) is 3.10. The lowest BCUT2D eigenvalue weighted by molar-refractivity contribution is 0.0698. The average molecular weight is 243 g/mol. The minimum atomic E-state index is -1.15. The van der Waals surface area contributed by atoms with Crippen LogP contribution in [0.4, 0.5) is 10.5 Å². The van der Waals surface area contributed by atoms with Gasteiger partial charge in [0, 0.05) is 5.39 Å². The minimum absolute atomic E-state index is 0.0364. The fourth-order valence-corrected chi connectivity index (χ4v) is 1.72. The Bertz CT molecular complexity index is 652. The molecule has 0 aliphatic rings. The van der Waals surface area contributed by atoms with Gasteiger partial charge in [0.25, 0.3) is 0 Å². The Morgan fingerprint density at radius 1 is 1.17 bits per heavy atom. The number of amides is 2. The normalized spacial score (nSPS) is 10.0. The van der Waals surface area contributed by atoms with Gasteiger partial charge >= 0.3 is 12.0 Å². The molecule has 0 aliphatic heterocycles. The summed E-state index contributed by atoms with van der Waals surface area (Å²) in [6.45, 7) is 0. The number of benzene rings is 2. The Morgan fingerprint density at radius 3 is 2.56 bits per heavy atom. The number of hydrogen-bond acceptors (Lipinski definition) is 3. The Hall–Kier alpha value is -2.76. The van der Waals surface area contributed by atoms with Gasteiger partial charge in [-0.1, -0.05) is 35.4 Å². The van der Waals surface area contributed by atoms with E-state index in [1.165, 1.54) is 6.07 Å². The van der Waals surface area contributed by atoms with Gasteiger partial charge in [0.2, 0.25) is 0 Å². The van der Waals surface area contributed by atoms with Crippen LogP contribution in [0.2, 0.25) is 0 Å². The monoisotopic (exact) mass is 243 g/mol. The van der Waals surface area contributed by atoms with Crippen LogP contribution in [0.1, 0.15) is 10.4 Å². The molecule has 18 heavy (non-hydrogen) atoms. The first-order valence-corrected chi connectivity index (χ1v) is 5.07. The molecule has 0 unspecified atom stereocenters. The summed E-state index contributed by atoms with van der Waals surface area (Å²) in [5.41, 5.74) is 6.73. The van der Waals surface area contributed by atoms with Gasteiger partial charge in [-0.2, -0.15) is 5.53 Å². The molecule has 90 valence electrons. The number of carbonyl (C=O) groups excluding carboxylic acids is 1. The highest BCUT2D eigenvalue weighted by Crippen LogP contribution is 2.27. The summed E-state index contributed by atoms with van der Waals surface area (Å²) in [5, 5.41) is 15.5. The van der Waals surface area contributed by atoms with E-state index in [4.69, 9.17) is 10.6 Å². The number of nitrogens with zero attached hydrogens (tertiary/aromatic N) is 1. The van der Waals surface area contributed by atoms with Crippen molar-refractivity contribution in [3.05, 3.63) is 42.0 Å². The highest BCUT2D eigenvalue weighted by molar-refractivity contribution is 6.10. The molecule has 6 nitrogen and oxygen atoms in total. The molecule has 0 aliphatic carbocycles. The van der Waals surface area contributed by atoms with E-state index in [1.807, 2.05) is 6.07 Å². The molecule has 0 aromatic heterocycles. The van der Waals surface area contributed by atoms with Crippen molar-refractivity contribution in [3.63, 3.8) is 0 Å². The van der Waals surface area contributed by atoms with Crippen molar-refractivity contribution in [2.45, 2.75) is 0 Å². The molecule has 2 aromatic rings. The van der Waals surface area contributed by atoms with Crippen molar-refractivity contribution in [3.8, 4) is 0 Å². The van der Waals surface area contributed by atoms with Gasteiger partial charge in [-0.05, 0) is 11.5 Å². The number of carboxylic acids is 1. The van der Waals surface area contributed by atoms with Crippen molar-refractivity contribution >= 4 is 28.5 Å². The molecule has 0 saturated carbocycles. The molecule has 0 radical (unpaired) electrons. The van der Waals surface area contributed by atoms with Crippen LogP contribution in [-0.2, 0) is 0 Å². The third-order valence-electron chi connectivity index (χ3n) is 2.49. The topological polar surface area (TPSA) is 103 Å². The van der Waals surface area contributed by atoms with Crippen LogP contribution < -0.4 is 5.32 Å². The Morgan fingerprint density at radius 2 is 1.89 bits per heavy atom. The molecule has 0 spiro atoms. The molecular formula is C12H9N3O3. The number of carbonyl (C=O) groups is 2. The van der Waals surface area contributed by atoms with Crippen molar-refractivity contribution in [2.24, 2.45) is 5.11 Å².